The van der Waals surface area contributed by atoms with E-state index in [-0.39, 0.29) is 0 Å². The summed E-state index contributed by atoms with van der Waals surface area (Å²) in [5, 5.41) is 0. The summed E-state index contributed by atoms with van der Waals surface area (Å²) >= 11 is 0. The maximum Gasteiger partial charge on any atom is 0.326 e. The van der Waals surface area contributed by atoms with Crippen LogP contribution in [0.25, 0.3) is 0 Å². The second kappa shape index (κ2) is 15.3. The number of nitrogens with two attached hydrogens (primary N) is 1. The zero-order chi connectivity index (χ0) is 14.2. The number of nitrogens with one attached hydrogen (secondary N) is 2. The lowest BCUT2D eigenvalue weighted by atomic mass is 10.1. The van der Waals surface area contributed by atoms with Crippen molar-refractivity contribution in [3.8, 4) is 0 Å². The first-order valence-corrected chi connectivity index (χ1v) is 8.05. The molecule has 4 nitrogen and oxygen atoms in total. The fourth-order valence-electron chi connectivity index (χ4n) is 2.20. The number of hydrogen-bond donors (Lipinski definition) is 3. The lowest BCUT2D eigenvalue weighted by molar-refractivity contribution is 0.244. The molecule has 0 radical (unpaired) electrons. The van der Waals surface area contributed by atoms with Crippen molar-refractivity contribution in [1.82, 2.24) is 10.9 Å². The number of urea groups is 1. The van der Waals surface area contributed by atoms with Crippen molar-refractivity contribution in [2.75, 3.05) is 6.54 Å². The molecule has 0 aromatic heterocycles. The van der Waals surface area contributed by atoms with Crippen molar-refractivity contribution in [2.24, 2.45) is 5.73 Å². The largest absolute Gasteiger partial charge is 0.351 e. The molecule has 0 saturated carbocycles. The third-order valence-corrected chi connectivity index (χ3v) is 3.37. The molecule has 114 valence electrons. The van der Waals surface area contributed by atoms with Crippen LogP contribution < -0.4 is 16.6 Å². The number of amides is 2. The Morgan fingerprint density at radius 3 is 1.63 bits per heavy atom. The van der Waals surface area contributed by atoms with Gasteiger partial charge in [0.2, 0.25) is 0 Å². The Kier molecular flexibility index (Phi) is 14.7. The smallest absolute Gasteiger partial charge is 0.326 e. The Morgan fingerprint density at radius 2 is 1.21 bits per heavy atom. The van der Waals surface area contributed by atoms with Gasteiger partial charge in [0.15, 0.2) is 0 Å². The van der Waals surface area contributed by atoms with Gasteiger partial charge in [-0.2, -0.15) is 0 Å². The van der Waals surface area contributed by atoms with Gasteiger partial charge in [-0.3, -0.25) is 5.43 Å². The molecular weight excluding hydrogens is 238 g/mol. The average molecular weight is 271 g/mol. The van der Waals surface area contributed by atoms with Gasteiger partial charge in [0.05, 0.1) is 0 Å². The van der Waals surface area contributed by atoms with E-state index < -0.39 is 6.03 Å². The first-order valence-electron chi connectivity index (χ1n) is 8.05. The van der Waals surface area contributed by atoms with Crippen LogP contribution in [0.1, 0.15) is 84.0 Å². The van der Waals surface area contributed by atoms with Crippen molar-refractivity contribution in [3.63, 3.8) is 0 Å². The zero-order valence-electron chi connectivity index (χ0n) is 12.7. The molecule has 0 aromatic rings. The van der Waals surface area contributed by atoms with Gasteiger partial charge in [-0.25, -0.2) is 10.2 Å². The molecule has 4 heteroatoms. The quantitative estimate of drug-likeness (QED) is 0.332. The maximum atomic E-state index is 10.4. The Bertz CT molecular complexity index is 198. The van der Waals surface area contributed by atoms with Crippen LogP contribution in [0, 0.1) is 0 Å². The standard InChI is InChI=1S/C15H33N3O/c1-2-3-4-5-6-7-8-9-10-11-12-13-14-17-18-15(16)19/h17H,2-14H2,1H3,(H3,16,18,19). The zero-order valence-corrected chi connectivity index (χ0v) is 12.7. The lowest BCUT2D eigenvalue weighted by Gasteiger charge is -2.04. The number of carbonyl (C=O) groups is 1. The normalized spacial score (nSPS) is 10.6. The highest BCUT2D eigenvalue weighted by atomic mass is 16.2. The van der Waals surface area contributed by atoms with Crippen LogP contribution in [0.5, 0.6) is 0 Å². The first kappa shape index (κ1) is 18.2. The Morgan fingerprint density at radius 1 is 0.789 bits per heavy atom. The molecule has 0 rings (SSSR count). The molecule has 0 aromatic carbocycles. The molecule has 0 aliphatic rings. The highest BCUT2D eigenvalue weighted by Crippen LogP contribution is 2.11. The maximum absolute atomic E-state index is 10.4. The van der Waals surface area contributed by atoms with E-state index in [9.17, 15) is 4.79 Å². The number of primary amides is 1. The van der Waals surface area contributed by atoms with Gasteiger partial charge < -0.3 is 5.73 Å². The Balaban J connectivity index is 2.93. The third kappa shape index (κ3) is 17.2. The summed E-state index contributed by atoms with van der Waals surface area (Å²) in [6, 6.07) is -0.515. The molecule has 0 saturated heterocycles. The van der Waals surface area contributed by atoms with Gasteiger partial charge in [0.1, 0.15) is 0 Å². The Hall–Kier alpha value is -0.770. The summed E-state index contributed by atoms with van der Waals surface area (Å²) < 4.78 is 0. The van der Waals surface area contributed by atoms with Gasteiger partial charge in [-0.05, 0) is 6.42 Å². The van der Waals surface area contributed by atoms with Crippen molar-refractivity contribution in [3.05, 3.63) is 0 Å². The number of hydrazine groups is 1. The summed E-state index contributed by atoms with van der Waals surface area (Å²) in [5.74, 6) is 0. The van der Waals surface area contributed by atoms with Crippen LogP contribution in [0.2, 0.25) is 0 Å². The van der Waals surface area contributed by atoms with Crippen LogP contribution in [-0.4, -0.2) is 12.6 Å². The molecule has 0 aliphatic carbocycles. The molecular formula is C15H33N3O. The highest BCUT2D eigenvalue weighted by Gasteiger charge is 1.94. The van der Waals surface area contributed by atoms with Gasteiger partial charge in [-0.15, -0.1) is 0 Å². The van der Waals surface area contributed by atoms with E-state index in [4.69, 9.17) is 5.73 Å². The topological polar surface area (TPSA) is 67.2 Å². The second-order valence-corrected chi connectivity index (χ2v) is 5.31. The van der Waals surface area contributed by atoms with Gasteiger partial charge in [0, 0.05) is 6.54 Å². The minimum atomic E-state index is -0.515. The fourth-order valence-corrected chi connectivity index (χ4v) is 2.20. The molecule has 2 amide bonds. The van der Waals surface area contributed by atoms with Crippen LogP contribution in [0.4, 0.5) is 4.79 Å². The number of rotatable bonds is 14. The van der Waals surface area contributed by atoms with E-state index in [2.05, 4.69) is 17.8 Å². The van der Waals surface area contributed by atoms with Gasteiger partial charge in [0.25, 0.3) is 0 Å². The molecule has 19 heavy (non-hydrogen) atoms. The fraction of sp³-hybridized carbons (Fsp3) is 0.933. The predicted molar refractivity (Wildman–Crippen MR) is 81.8 cm³/mol. The Labute approximate surface area is 118 Å². The summed E-state index contributed by atoms with van der Waals surface area (Å²) in [7, 11) is 0. The number of unbranched alkanes of at least 4 members (excludes halogenated alkanes) is 11. The van der Waals surface area contributed by atoms with Crippen LogP contribution in [-0.2, 0) is 0 Å². The van der Waals surface area contributed by atoms with E-state index in [1.54, 1.807) is 0 Å². The molecule has 0 fully saturated rings. The van der Waals surface area contributed by atoms with E-state index in [0.717, 1.165) is 13.0 Å². The van der Waals surface area contributed by atoms with Gasteiger partial charge in [-0.1, -0.05) is 77.6 Å². The number of hydrogen-bond acceptors (Lipinski definition) is 2. The third-order valence-electron chi connectivity index (χ3n) is 3.37. The minimum Gasteiger partial charge on any atom is -0.351 e. The summed E-state index contributed by atoms with van der Waals surface area (Å²) in [6.07, 6.45) is 16.1. The van der Waals surface area contributed by atoms with Crippen molar-refractivity contribution in [2.45, 2.75) is 84.0 Å². The summed E-state index contributed by atoms with van der Waals surface area (Å²) in [4.78, 5) is 10.4. The van der Waals surface area contributed by atoms with Crippen LogP contribution in [0.3, 0.4) is 0 Å². The number of carbonyl (C=O) groups excluding carboxylic acids is 1. The van der Waals surface area contributed by atoms with E-state index >= 15 is 0 Å². The molecule has 4 N–H and O–H groups in total. The minimum absolute atomic E-state index is 0.515. The SMILES string of the molecule is CCCCCCCCCCCCCCNNC(N)=O. The summed E-state index contributed by atoms with van der Waals surface area (Å²) in [6.45, 7) is 3.07. The molecule has 0 heterocycles. The average Bonchev–Trinajstić information content (AvgIpc) is 2.39. The first-order chi connectivity index (χ1) is 9.27. The van der Waals surface area contributed by atoms with E-state index in [0.29, 0.717) is 0 Å². The molecule has 0 aliphatic heterocycles. The van der Waals surface area contributed by atoms with Crippen molar-refractivity contribution >= 4 is 6.03 Å². The van der Waals surface area contributed by atoms with Gasteiger partial charge >= 0.3 is 6.03 Å². The molecule has 0 bridgehead atoms. The van der Waals surface area contributed by atoms with Crippen molar-refractivity contribution < 1.29 is 4.79 Å². The lowest BCUT2D eigenvalue weighted by Crippen LogP contribution is -2.41. The van der Waals surface area contributed by atoms with Crippen LogP contribution >= 0.6 is 0 Å². The predicted octanol–water partition coefficient (Wildman–Crippen LogP) is 3.86. The van der Waals surface area contributed by atoms with Crippen molar-refractivity contribution in [1.29, 1.82) is 0 Å². The molecule has 0 atom stereocenters. The monoisotopic (exact) mass is 271 g/mol. The van der Waals surface area contributed by atoms with E-state index in [1.165, 1.54) is 70.6 Å². The summed E-state index contributed by atoms with van der Waals surface area (Å²) in [5.41, 5.74) is 10.1. The second-order valence-electron chi connectivity index (χ2n) is 5.31. The molecule has 0 spiro atoms. The van der Waals surface area contributed by atoms with Crippen LogP contribution in [0.15, 0.2) is 0 Å². The molecule has 0 unspecified atom stereocenters. The van der Waals surface area contributed by atoms with E-state index in [1.807, 2.05) is 0 Å². The highest BCUT2D eigenvalue weighted by molar-refractivity contribution is 5.70.